The summed E-state index contributed by atoms with van der Waals surface area (Å²) in [5, 5.41) is 2.81. The first kappa shape index (κ1) is 12.4. The molecule has 0 saturated heterocycles. The van der Waals surface area contributed by atoms with Gasteiger partial charge in [-0.05, 0) is 49.1 Å². The summed E-state index contributed by atoms with van der Waals surface area (Å²) in [5.74, 6) is 0.454. The Morgan fingerprint density at radius 1 is 1.26 bits per heavy atom. The quantitative estimate of drug-likeness (QED) is 0.757. The molecule has 0 fully saturated rings. The predicted molar refractivity (Wildman–Crippen MR) is 76.0 cm³/mol. The first-order valence-corrected chi connectivity index (χ1v) is 6.94. The monoisotopic (exact) mass is 275 g/mol. The van der Waals surface area contributed by atoms with Gasteiger partial charge in [0, 0.05) is 15.8 Å². The van der Waals surface area contributed by atoms with Crippen LogP contribution in [0.2, 0.25) is 0 Å². The van der Waals surface area contributed by atoms with Crippen molar-refractivity contribution in [1.29, 1.82) is 0 Å². The van der Waals surface area contributed by atoms with Crippen molar-refractivity contribution >= 4 is 22.3 Å². The van der Waals surface area contributed by atoms with Gasteiger partial charge >= 0.3 is 0 Å². The Bertz CT molecular complexity index is 744. The summed E-state index contributed by atoms with van der Waals surface area (Å²) in [6.07, 6.45) is 0. The molecule has 19 heavy (non-hydrogen) atoms. The Morgan fingerprint density at radius 3 is 2.74 bits per heavy atom. The summed E-state index contributed by atoms with van der Waals surface area (Å²) in [7, 11) is 0. The normalized spacial score (nSPS) is 13.1. The van der Waals surface area contributed by atoms with Gasteiger partial charge in [-0.25, -0.2) is 4.39 Å². The SMILES string of the molecule is Cc1ccsc1C(N)c1oc2ccc(F)cc2c1C. The maximum Gasteiger partial charge on any atom is 0.134 e. The number of furan rings is 1. The lowest BCUT2D eigenvalue weighted by Gasteiger charge is -2.09. The lowest BCUT2D eigenvalue weighted by atomic mass is 10.1. The zero-order valence-corrected chi connectivity index (χ0v) is 11.6. The Hall–Kier alpha value is -1.65. The van der Waals surface area contributed by atoms with Crippen molar-refractivity contribution in [3.8, 4) is 0 Å². The van der Waals surface area contributed by atoms with E-state index >= 15 is 0 Å². The lowest BCUT2D eigenvalue weighted by molar-refractivity contribution is 0.522. The van der Waals surface area contributed by atoms with Gasteiger partial charge in [-0.1, -0.05) is 0 Å². The first-order chi connectivity index (χ1) is 9.08. The van der Waals surface area contributed by atoms with Crippen LogP contribution in [0.3, 0.4) is 0 Å². The Kier molecular flexibility index (Phi) is 2.92. The van der Waals surface area contributed by atoms with Crippen LogP contribution < -0.4 is 5.73 Å². The van der Waals surface area contributed by atoms with E-state index in [2.05, 4.69) is 0 Å². The second-order valence-electron chi connectivity index (χ2n) is 4.68. The van der Waals surface area contributed by atoms with Gasteiger partial charge < -0.3 is 10.2 Å². The molecule has 1 atom stereocenters. The molecule has 0 spiro atoms. The number of aryl methyl sites for hydroxylation is 2. The highest BCUT2D eigenvalue weighted by Gasteiger charge is 2.21. The number of halogens is 1. The molecule has 1 aromatic carbocycles. The van der Waals surface area contributed by atoms with Crippen molar-refractivity contribution in [2.24, 2.45) is 5.73 Å². The van der Waals surface area contributed by atoms with E-state index in [0.29, 0.717) is 11.3 Å². The molecule has 0 aliphatic rings. The average Bonchev–Trinajstić information content (AvgIpc) is 2.94. The standard InChI is InChI=1S/C15H14FNOS/c1-8-5-6-19-15(8)13(17)14-9(2)11-7-10(16)3-4-12(11)18-14/h3-7,13H,17H2,1-2H3. The zero-order valence-electron chi connectivity index (χ0n) is 10.7. The van der Waals surface area contributed by atoms with Gasteiger partial charge in [-0.15, -0.1) is 11.3 Å². The third-order valence-electron chi connectivity index (χ3n) is 3.40. The second kappa shape index (κ2) is 4.47. The molecule has 0 amide bonds. The van der Waals surface area contributed by atoms with Crippen LogP contribution in [0.4, 0.5) is 4.39 Å². The Balaban J connectivity index is 2.15. The third kappa shape index (κ3) is 1.97. The lowest BCUT2D eigenvalue weighted by Crippen LogP contribution is -2.11. The molecule has 3 aromatic rings. The molecule has 4 heteroatoms. The smallest absolute Gasteiger partial charge is 0.134 e. The zero-order chi connectivity index (χ0) is 13.6. The number of fused-ring (bicyclic) bond motifs is 1. The van der Waals surface area contributed by atoms with Crippen molar-refractivity contribution in [1.82, 2.24) is 0 Å². The Morgan fingerprint density at radius 2 is 2.05 bits per heavy atom. The topological polar surface area (TPSA) is 39.2 Å². The summed E-state index contributed by atoms with van der Waals surface area (Å²) in [6, 6.07) is 6.28. The molecule has 0 aliphatic heterocycles. The van der Waals surface area contributed by atoms with Crippen molar-refractivity contribution < 1.29 is 8.81 Å². The molecule has 0 aliphatic carbocycles. The van der Waals surface area contributed by atoms with Crippen LogP contribution in [0.1, 0.15) is 27.8 Å². The number of rotatable bonds is 2. The van der Waals surface area contributed by atoms with Gasteiger partial charge in [0.1, 0.15) is 17.2 Å². The summed E-state index contributed by atoms with van der Waals surface area (Å²) in [5.41, 5.74) is 9.03. The first-order valence-electron chi connectivity index (χ1n) is 6.06. The van der Waals surface area contributed by atoms with E-state index in [1.54, 1.807) is 17.4 Å². The summed E-state index contributed by atoms with van der Waals surface area (Å²) >= 11 is 1.62. The largest absolute Gasteiger partial charge is 0.459 e. The number of nitrogens with two attached hydrogens (primary N) is 1. The van der Waals surface area contributed by atoms with E-state index in [9.17, 15) is 4.39 Å². The molecule has 1 unspecified atom stereocenters. The number of hydrogen-bond acceptors (Lipinski definition) is 3. The summed E-state index contributed by atoms with van der Waals surface area (Å²) < 4.78 is 19.1. The minimum atomic E-state index is -0.296. The maximum absolute atomic E-state index is 13.3. The van der Waals surface area contributed by atoms with Gasteiger partial charge in [0.05, 0.1) is 6.04 Å². The highest BCUT2D eigenvalue weighted by Crippen LogP contribution is 2.34. The van der Waals surface area contributed by atoms with Crippen LogP contribution in [0.15, 0.2) is 34.1 Å². The van der Waals surface area contributed by atoms with E-state index in [4.69, 9.17) is 10.2 Å². The van der Waals surface area contributed by atoms with Crippen molar-refractivity contribution in [3.05, 3.63) is 57.2 Å². The fourth-order valence-electron chi connectivity index (χ4n) is 2.33. The third-order valence-corrected chi connectivity index (χ3v) is 4.50. The molecular formula is C15H14FNOS. The second-order valence-corrected chi connectivity index (χ2v) is 5.63. The van der Waals surface area contributed by atoms with Crippen molar-refractivity contribution in [2.75, 3.05) is 0 Å². The van der Waals surface area contributed by atoms with E-state index in [-0.39, 0.29) is 11.9 Å². The molecule has 0 saturated carbocycles. The molecule has 2 aromatic heterocycles. The minimum Gasteiger partial charge on any atom is -0.459 e. The number of benzene rings is 1. The van der Waals surface area contributed by atoms with Crippen LogP contribution >= 0.6 is 11.3 Å². The fraction of sp³-hybridized carbons (Fsp3) is 0.200. The van der Waals surface area contributed by atoms with Gasteiger partial charge in [0.2, 0.25) is 0 Å². The van der Waals surface area contributed by atoms with Crippen LogP contribution in [-0.4, -0.2) is 0 Å². The molecule has 2 nitrogen and oxygen atoms in total. The molecule has 2 heterocycles. The molecule has 2 N–H and O–H groups in total. The fourth-order valence-corrected chi connectivity index (χ4v) is 3.26. The molecule has 0 radical (unpaired) electrons. The van der Waals surface area contributed by atoms with E-state index in [1.807, 2.05) is 25.3 Å². The van der Waals surface area contributed by atoms with Crippen molar-refractivity contribution in [3.63, 3.8) is 0 Å². The van der Waals surface area contributed by atoms with Crippen LogP contribution in [0, 0.1) is 19.7 Å². The van der Waals surface area contributed by atoms with Crippen molar-refractivity contribution in [2.45, 2.75) is 19.9 Å². The highest BCUT2D eigenvalue weighted by molar-refractivity contribution is 7.10. The molecule has 0 bridgehead atoms. The molecular weight excluding hydrogens is 261 g/mol. The van der Waals surface area contributed by atoms with Crippen LogP contribution in [0.5, 0.6) is 0 Å². The number of thiophene rings is 1. The van der Waals surface area contributed by atoms with Gasteiger partial charge in [-0.2, -0.15) is 0 Å². The average molecular weight is 275 g/mol. The van der Waals surface area contributed by atoms with E-state index in [1.165, 1.54) is 12.1 Å². The van der Waals surface area contributed by atoms with E-state index in [0.717, 1.165) is 21.4 Å². The molecule has 98 valence electrons. The number of hydrogen-bond donors (Lipinski definition) is 1. The van der Waals surface area contributed by atoms with Crippen LogP contribution in [0.25, 0.3) is 11.0 Å². The van der Waals surface area contributed by atoms with Gasteiger partial charge in [-0.3, -0.25) is 0 Å². The highest BCUT2D eigenvalue weighted by atomic mass is 32.1. The van der Waals surface area contributed by atoms with Gasteiger partial charge in [0.15, 0.2) is 0 Å². The predicted octanol–water partition coefficient (Wildman–Crippen LogP) is 4.30. The minimum absolute atomic E-state index is 0.260. The summed E-state index contributed by atoms with van der Waals surface area (Å²) in [4.78, 5) is 1.09. The Labute approximate surface area is 114 Å². The van der Waals surface area contributed by atoms with Crippen LogP contribution in [-0.2, 0) is 0 Å². The maximum atomic E-state index is 13.3. The van der Waals surface area contributed by atoms with E-state index < -0.39 is 0 Å². The van der Waals surface area contributed by atoms with Gasteiger partial charge in [0.25, 0.3) is 0 Å². The molecule has 3 rings (SSSR count). The summed E-state index contributed by atoms with van der Waals surface area (Å²) in [6.45, 7) is 3.95.